The third-order valence-electron chi connectivity index (χ3n) is 6.47. The summed E-state index contributed by atoms with van der Waals surface area (Å²) in [6, 6.07) is 10.1. The highest BCUT2D eigenvalue weighted by Crippen LogP contribution is 2.45. The van der Waals surface area contributed by atoms with Gasteiger partial charge >= 0.3 is 18.2 Å². The molecule has 1 atom stereocenters. The maximum atomic E-state index is 13.4. The van der Waals surface area contributed by atoms with Gasteiger partial charge in [0.25, 0.3) is 5.91 Å². The number of carboxylic acids is 1. The van der Waals surface area contributed by atoms with Gasteiger partial charge in [0.1, 0.15) is 0 Å². The maximum Gasteiger partial charge on any atom is 0.490 e. The molecule has 3 aliphatic rings. The van der Waals surface area contributed by atoms with Gasteiger partial charge in [-0.15, -0.1) is 0 Å². The van der Waals surface area contributed by atoms with Gasteiger partial charge < -0.3 is 30.7 Å². The normalized spacial score (nSPS) is 20.5. The van der Waals surface area contributed by atoms with Crippen LogP contribution in [-0.4, -0.2) is 71.9 Å². The number of alkyl halides is 3. The van der Waals surface area contributed by atoms with Crippen LogP contribution in [0.5, 0.6) is 5.88 Å². The molecule has 0 unspecified atom stereocenters. The maximum absolute atomic E-state index is 13.4. The summed E-state index contributed by atoms with van der Waals surface area (Å²) < 4.78 is 37.4. The first-order valence-electron chi connectivity index (χ1n) is 11.5. The molecular weight excluding hydrogens is 509 g/mol. The van der Waals surface area contributed by atoms with E-state index in [1.807, 2.05) is 6.92 Å². The second-order valence-corrected chi connectivity index (χ2v) is 9.06. The van der Waals surface area contributed by atoms with Crippen molar-refractivity contribution in [2.24, 2.45) is 5.41 Å². The molecule has 0 radical (unpaired) electrons. The summed E-state index contributed by atoms with van der Waals surface area (Å²) in [5.41, 5.74) is 0.451. The van der Waals surface area contributed by atoms with Gasteiger partial charge in [-0.1, -0.05) is 0 Å². The molecule has 200 valence electrons. The van der Waals surface area contributed by atoms with E-state index in [4.69, 9.17) is 14.6 Å². The monoisotopic (exact) mass is 532 g/mol. The highest BCUT2D eigenvalue weighted by atomic mass is 19.4. The molecule has 2 aromatic rings. The quantitative estimate of drug-likeness (QED) is 0.464. The Labute approximate surface area is 214 Å². The second kappa shape index (κ2) is 9.82. The predicted molar refractivity (Wildman–Crippen MR) is 125 cm³/mol. The number of fused-ring (bicyclic) bond motifs is 1. The van der Waals surface area contributed by atoms with E-state index in [0.717, 1.165) is 13.1 Å². The van der Waals surface area contributed by atoms with Gasteiger partial charge in [-0.2, -0.15) is 18.4 Å². The number of urea groups is 1. The van der Waals surface area contributed by atoms with Crippen LogP contribution < -0.4 is 20.7 Å². The summed E-state index contributed by atoms with van der Waals surface area (Å²) in [5, 5.41) is 25.6. The van der Waals surface area contributed by atoms with Crippen LogP contribution in [0.15, 0.2) is 36.5 Å². The fourth-order valence-electron chi connectivity index (χ4n) is 4.61. The largest absolute Gasteiger partial charge is 0.490 e. The van der Waals surface area contributed by atoms with Crippen molar-refractivity contribution in [1.82, 2.24) is 20.5 Å². The lowest BCUT2D eigenvalue weighted by atomic mass is 9.74. The summed E-state index contributed by atoms with van der Waals surface area (Å²) in [7, 11) is 0. The fraction of sp³-hybridized carbons (Fsp3) is 0.375. The number of nitrogens with one attached hydrogen (secondary N) is 3. The highest BCUT2D eigenvalue weighted by molar-refractivity contribution is 6.10. The van der Waals surface area contributed by atoms with Crippen LogP contribution in [0.1, 0.15) is 23.6 Å². The lowest BCUT2D eigenvalue weighted by Gasteiger charge is -2.56. The molecule has 38 heavy (non-hydrogen) atoms. The minimum atomic E-state index is -5.08. The first-order valence-corrected chi connectivity index (χ1v) is 11.5. The number of aromatic nitrogens is 1. The van der Waals surface area contributed by atoms with Gasteiger partial charge in [0, 0.05) is 49.0 Å². The Bertz CT molecular complexity index is 1320. The zero-order valence-corrected chi connectivity index (χ0v) is 20.1. The molecule has 4 heterocycles. The summed E-state index contributed by atoms with van der Waals surface area (Å²) in [5.74, 6) is -2.91. The number of ether oxygens (including phenoxy) is 1. The second-order valence-electron chi connectivity index (χ2n) is 9.06. The van der Waals surface area contributed by atoms with Crippen molar-refractivity contribution in [2.75, 3.05) is 38.1 Å². The molecule has 11 nitrogen and oxygen atoms in total. The predicted octanol–water partition coefficient (Wildman–Crippen LogP) is 1.80. The first kappa shape index (κ1) is 26.7. The molecule has 5 rings (SSSR count). The van der Waals surface area contributed by atoms with E-state index in [2.05, 4.69) is 27.0 Å². The molecule has 1 spiro atoms. The Morgan fingerprint density at radius 3 is 2.50 bits per heavy atom. The molecule has 2 fully saturated rings. The Morgan fingerprint density at radius 2 is 1.95 bits per heavy atom. The molecule has 0 saturated carbocycles. The van der Waals surface area contributed by atoms with Crippen molar-refractivity contribution in [3.8, 4) is 11.9 Å². The van der Waals surface area contributed by atoms with Gasteiger partial charge in [-0.3, -0.25) is 4.79 Å². The lowest BCUT2D eigenvalue weighted by Crippen LogP contribution is -2.73. The van der Waals surface area contributed by atoms with Gasteiger partial charge in [0.15, 0.2) is 5.54 Å². The minimum Gasteiger partial charge on any atom is -0.478 e. The summed E-state index contributed by atoms with van der Waals surface area (Å²) >= 11 is 0. The Balaban J connectivity index is 0.000000426. The molecule has 0 bridgehead atoms. The molecule has 2 saturated heterocycles. The molecule has 3 amide bonds. The van der Waals surface area contributed by atoms with Crippen LogP contribution in [0, 0.1) is 16.7 Å². The van der Waals surface area contributed by atoms with Crippen molar-refractivity contribution in [3.05, 3.63) is 53.2 Å². The number of halogens is 3. The van der Waals surface area contributed by atoms with Gasteiger partial charge in [-0.05, 0) is 37.3 Å². The third-order valence-corrected chi connectivity index (χ3v) is 6.47. The van der Waals surface area contributed by atoms with Crippen molar-refractivity contribution in [3.63, 3.8) is 0 Å². The first-order chi connectivity index (χ1) is 18.0. The van der Waals surface area contributed by atoms with Gasteiger partial charge in [0.05, 0.1) is 23.8 Å². The number of likely N-dealkylation sites (tertiary alicyclic amines) is 1. The van der Waals surface area contributed by atoms with Crippen molar-refractivity contribution in [1.29, 1.82) is 5.26 Å². The average Bonchev–Trinajstić information content (AvgIpc) is 3.08. The lowest BCUT2D eigenvalue weighted by molar-refractivity contribution is -0.192. The summed E-state index contributed by atoms with van der Waals surface area (Å²) in [4.78, 5) is 41.6. The smallest absolute Gasteiger partial charge is 0.478 e. The Kier molecular flexibility index (Phi) is 6.90. The number of amides is 3. The van der Waals surface area contributed by atoms with E-state index in [-0.39, 0.29) is 17.3 Å². The van der Waals surface area contributed by atoms with Crippen LogP contribution in [0.2, 0.25) is 0 Å². The molecular formula is C24H23F3N6O5. The average molecular weight is 532 g/mol. The van der Waals surface area contributed by atoms with E-state index in [9.17, 15) is 28.0 Å². The number of anilines is 1. The standard InChI is InChI=1S/C22H22N6O3.C2HF3O2/c1-2-31-18-15(4-3-7-25-18)22(27-20(30)28-12-21(13-28)10-24-11-21)16-8-14(9-23)5-6-17(16)26-19(22)29;3-2(4,5)1(6)7/h3-8,24H,2,10-13H2,1H3,(H,26,29)(H,27,30);(H,6,7)/t22-;/m1./s1. The number of benzene rings is 1. The molecule has 14 heteroatoms. The molecule has 0 aliphatic carbocycles. The van der Waals surface area contributed by atoms with Crippen molar-refractivity contribution >= 4 is 23.6 Å². The van der Waals surface area contributed by atoms with Crippen LogP contribution in [0.3, 0.4) is 0 Å². The fourth-order valence-corrected chi connectivity index (χ4v) is 4.61. The number of aliphatic carboxylic acids is 1. The number of rotatable bonds is 4. The number of hydrogen-bond acceptors (Lipinski definition) is 7. The van der Waals surface area contributed by atoms with E-state index < -0.39 is 23.6 Å². The Hall–Kier alpha value is -4.38. The third kappa shape index (κ3) is 4.68. The van der Waals surface area contributed by atoms with E-state index in [1.165, 1.54) is 0 Å². The zero-order chi connectivity index (χ0) is 27.7. The Morgan fingerprint density at radius 1 is 1.26 bits per heavy atom. The zero-order valence-electron chi connectivity index (χ0n) is 20.1. The summed E-state index contributed by atoms with van der Waals surface area (Å²) in [6.07, 6.45) is -3.51. The molecule has 1 aromatic carbocycles. The number of nitrogens with zero attached hydrogens (tertiary/aromatic N) is 3. The topological polar surface area (TPSA) is 157 Å². The van der Waals surface area contributed by atoms with Crippen LogP contribution in [-0.2, 0) is 15.1 Å². The van der Waals surface area contributed by atoms with E-state index in [0.29, 0.717) is 42.1 Å². The summed E-state index contributed by atoms with van der Waals surface area (Å²) in [6.45, 7) is 5.25. The minimum absolute atomic E-state index is 0.152. The van der Waals surface area contributed by atoms with Crippen molar-refractivity contribution < 1.29 is 37.4 Å². The number of pyridine rings is 1. The van der Waals surface area contributed by atoms with Crippen LogP contribution >= 0.6 is 0 Å². The van der Waals surface area contributed by atoms with Crippen LogP contribution in [0.4, 0.5) is 23.7 Å². The number of nitriles is 1. The van der Waals surface area contributed by atoms with Gasteiger partial charge in [0.2, 0.25) is 5.88 Å². The molecule has 1 aromatic heterocycles. The van der Waals surface area contributed by atoms with E-state index in [1.54, 1.807) is 41.4 Å². The van der Waals surface area contributed by atoms with Crippen molar-refractivity contribution in [2.45, 2.75) is 18.6 Å². The highest BCUT2D eigenvalue weighted by Gasteiger charge is 2.55. The van der Waals surface area contributed by atoms with Crippen LogP contribution in [0.25, 0.3) is 0 Å². The molecule has 3 aliphatic heterocycles. The number of carboxylic acid groups (broad SMARTS) is 1. The SMILES string of the molecule is CCOc1ncccc1[C@]1(NC(=O)N2CC3(CNC3)C2)C(=O)Nc2ccc(C#N)cc21.O=C(O)C(F)(F)F. The van der Waals surface area contributed by atoms with E-state index >= 15 is 0 Å². The number of carbonyl (C=O) groups is 3. The number of carbonyl (C=O) groups excluding carboxylic acids is 2. The van der Waals surface area contributed by atoms with Gasteiger partial charge in [-0.25, -0.2) is 14.6 Å². The number of hydrogen-bond donors (Lipinski definition) is 4. The molecule has 4 N–H and O–H groups in total.